The predicted molar refractivity (Wildman–Crippen MR) is 109 cm³/mol. The third-order valence-corrected chi connectivity index (χ3v) is 3.41. The number of aromatic nitrogens is 1. The van der Waals surface area contributed by atoms with Gasteiger partial charge in [-0.3, -0.25) is 4.99 Å². The number of nitrogens with one attached hydrogen (secondary N) is 2. The summed E-state index contributed by atoms with van der Waals surface area (Å²) in [6.07, 6.45) is -3.49. The van der Waals surface area contributed by atoms with Gasteiger partial charge in [0.25, 0.3) is 0 Å². The van der Waals surface area contributed by atoms with Crippen LogP contribution in [-0.4, -0.2) is 30.7 Å². The van der Waals surface area contributed by atoms with Gasteiger partial charge < -0.3 is 15.4 Å². The lowest BCUT2D eigenvalue weighted by Crippen LogP contribution is -2.38. The number of pyridine rings is 1. The Kier molecular flexibility index (Phi) is 9.90. The molecule has 0 saturated carbocycles. The lowest BCUT2D eigenvalue weighted by atomic mass is 10.2. The van der Waals surface area contributed by atoms with Gasteiger partial charge in [-0.05, 0) is 17.2 Å². The second-order valence-electron chi connectivity index (χ2n) is 5.49. The van der Waals surface area contributed by atoms with Crippen LogP contribution in [0.4, 0.5) is 13.2 Å². The number of halogens is 4. The molecule has 1 aromatic carbocycles. The molecule has 0 atom stereocenters. The number of nitrogens with zero attached hydrogens (tertiary/aromatic N) is 2. The molecule has 27 heavy (non-hydrogen) atoms. The summed E-state index contributed by atoms with van der Waals surface area (Å²) in [7, 11) is 1.50. The van der Waals surface area contributed by atoms with Crippen LogP contribution in [0.5, 0.6) is 5.88 Å². The van der Waals surface area contributed by atoms with Gasteiger partial charge in [-0.15, -0.1) is 24.0 Å². The first-order chi connectivity index (χ1) is 12.5. The van der Waals surface area contributed by atoms with Crippen LogP contribution >= 0.6 is 24.0 Å². The fourth-order valence-corrected chi connectivity index (χ4v) is 2.10. The molecule has 0 fully saturated rings. The fraction of sp³-hybridized carbons (Fsp3) is 0.333. The Morgan fingerprint density at radius 2 is 1.85 bits per heavy atom. The topological polar surface area (TPSA) is 58.5 Å². The lowest BCUT2D eigenvalue weighted by Gasteiger charge is -2.13. The Bertz CT molecular complexity index is 711. The molecule has 0 radical (unpaired) electrons. The number of benzene rings is 1. The molecule has 0 bridgehead atoms. The zero-order valence-corrected chi connectivity index (χ0v) is 17.1. The van der Waals surface area contributed by atoms with E-state index in [1.807, 2.05) is 30.3 Å². The van der Waals surface area contributed by atoms with E-state index in [4.69, 9.17) is 4.74 Å². The highest BCUT2D eigenvalue weighted by Gasteiger charge is 2.26. The molecule has 0 amide bonds. The van der Waals surface area contributed by atoms with E-state index in [2.05, 4.69) is 20.6 Å². The van der Waals surface area contributed by atoms with Crippen LogP contribution in [0.3, 0.4) is 0 Å². The standard InChI is InChI=1S/C18H21F3N4O.HI/c1-22-17(24-10-8-18(19,20)21)25-12-15-7-9-23-16(11-15)26-13-14-5-3-2-4-6-14;/h2-7,9,11H,8,10,12-13H2,1H3,(H2,22,24,25);1H. The molecular formula is C18H22F3IN4O. The number of guanidine groups is 1. The summed E-state index contributed by atoms with van der Waals surface area (Å²) in [5, 5.41) is 5.59. The average molecular weight is 494 g/mol. The van der Waals surface area contributed by atoms with Crippen molar-refractivity contribution in [3.05, 3.63) is 59.8 Å². The van der Waals surface area contributed by atoms with Crippen molar-refractivity contribution < 1.29 is 17.9 Å². The summed E-state index contributed by atoms with van der Waals surface area (Å²) < 4.78 is 42.2. The lowest BCUT2D eigenvalue weighted by molar-refractivity contribution is -0.132. The van der Waals surface area contributed by atoms with Gasteiger partial charge in [-0.25, -0.2) is 4.98 Å². The van der Waals surface area contributed by atoms with Crippen molar-refractivity contribution in [1.29, 1.82) is 0 Å². The molecule has 1 aromatic heterocycles. The first-order valence-corrected chi connectivity index (χ1v) is 8.09. The third-order valence-electron chi connectivity index (χ3n) is 3.41. The van der Waals surface area contributed by atoms with Crippen LogP contribution < -0.4 is 15.4 Å². The van der Waals surface area contributed by atoms with Crippen LogP contribution in [0.1, 0.15) is 17.5 Å². The number of rotatable bonds is 7. The Morgan fingerprint density at radius 1 is 1.11 bits per heavy atom. The van der Waals surface area contributed by atoms with Crippen LogP contribution in [0.25, 0.3) is 0 Å². The van der Waals surface area contributed by atoms with Gasteiger partial charge in [0.15, 0.2) is 5.96 Å². The molecule has 1 heterocycles. The smallest absolute Gasteiger partial charge is 0.390 e. The fourth-order valence-electron chi connectivity index (χ4n) is 2.10. The highest BCUT2D eigenvalue weighted by Crippen LogP contribution is 2.18. The molecule has 2 rings (SSSR count). The summed E-state index contributed by atoms with van der Waals surface area (Å²) in [4.78, 5) is 8.06. The Labute approximate surface area is 173 Å². The quantitative estimate of drug-likeness (QED) is 0.349. The summed E-state index contributed by atoms with van der Waals surface area (Å²) in [5.74, 6) is 0.783. The molecule has 9 heteroatoms. The molecule has 2 aromatic rings. The second kappa shape index (κ2) is 11.6. The first-order valence-electron chi connectivity index (χ1n) is 8.09. The van der Waals surface area contributed by atoms with Crippen LogP contribution in [0.15, 0.2) is 53.7 Å². The maximum absolute atomic E-state index is 12.2. The van der Waals surface area contributed by atoms with Gasteiger partial charge in [-0.2, -0.15) is 13.2 Å². The van der Waals surface area contributed by atoms with E-state index in [1.54, 1.807) is 18.3 Å². The summed E-state index contributed by atoms with van der Waals surface area (Å²) >= 11 is 0. The Balaban J connectivity index is 0.00000364. The van der Waals surface area contributed by atoms with Gasteiger partial charge in [0.1, 0.15) is 6.61 Å². The number of alkyl halides is 3. The van der Waals surface area contributed by atoms with E-state index in [9.17, 15) is 13.2 Å². The number of ether oxygens (including phenoxy) is 1. The van der Waals surface area contributed by atoms with E-state index in [1.165, 1.54) is 7.05 Å². The molecule has 5 nitrogen and oxygen atoms in total. The van der Waals surface area contributed by atoms with E-state index in [-0.39, 0.29) is 30.5 Å². The molecule has 2 N–H and O–H groups in total. The summed E-state index contributed by atoms with van der Waals surface area (Å²) in [6.45, 7) is 0.562. The van der Waals surface area contributed by atoms with Gasteiger partial charge in [0.05, 0.1) is 6.42 Å². The van der Waals surface area contributed by atoms with Crippen molar-refractivity contribution in [2.75, 3.05) is 13.6 Å². The Hall–Kier alpha value is -2.04. The van der Waals surface area contributed by atoms with Crippen LogP contribution in [0.2, 0.25) is 0 Å². The molecule has 0 aliphatic carbocycles. The molecule has 0 aliphatic heterocycles. The SMILES string of the molecule is CN=C(NCCC(F)(F)F)NCc1ccnc(OCc2ccccc2)c1.I. The zero-order valence-electron chi connectivity index (χ0n) is 14.8. The van der Waals surface area contributed by atoms with Crippen molar-refractivity contribution in [3.63, 3.8) is 0 Å². The molecule has 0 spiro atoms. The molecule has 0 saturated heterocycles. The molecule has 148 valence electrons. The van der Waals surface area contributed by atoms with Crippen molar-refractivity contribution in [2.45, 2.75) is 25.7 Å². The second-order valence-corrected chi connectivity index (χ2v) is 5.49. The predicted octanol–water partition coefficient (Wildman–Crippen LogP) is 3.90. The molecular weight excluding hydrogens is 472 g/mol. The largest absolute Gasteiger partial charge is 0.473 e. The first kappa shape index (κ1) is 23.0. The number of hydrogen-bond donors (Lipinski definition) is 2. The normalized spacial score (nSPS) is 11.5. The van der Waals surface area contributed by atoms with Crippen molar-refractivity contribution in [2.24, 2.45) is 4.99 Å². The van der Waals surface area contributed by atoms with Crippen molar-refractivity contribution in [3.8, 4) is 5.88 Å². The van der Waals surface area contributed by atoms with Gasteiger partial charge >= 0.3 is 6.18 Å². The van der Waals surface area contributed by atoms with E-state index in [0.717, 1.165) is 11.1 Å². The maximum atomic E-state index is 12.2. The van der Waals surface area contributed by atoms with Crippen molar-refractivity contribution >= 4 is 29.9 Å². The van der Waals surface area contributed by atoms with Crippen LogP contribution in [-0.2, 0) is 13.2 Å². The highest BCUT2D eigenvalue weighted by molar-refractivity contribution is 14.0. The minimum absolute atomic E-state index is 0. The maximum Gasteiger partial charge on any atom is 0.390 e. The molecule has 0 aliphatic rings. The third kappa shape index (κ3) is 9.45. The average Bonchev–Trinajstić information content (AvgIpc) is 2.63. The minimum atomic E-state index is -4.19. The van der Waals surface area contributed by atoms with E-state index in [0.29, 0.717) is 25.0 Å². The Morgan fingerprint density at radius 3 is 2.52 bits per heavy atom. The number of hydrogen-bond acceptors (Lipinski definition) is 3. The van der Waals surface area contributed by atoms with E-state index >= 15 is 0 Å². The number of aliphatic imine (C=N–C) groups is 1. The zero-order chi connectivity index (χ0) is 18.8. The van der Waals surface area contributed by atoms with Crippen LogP contribution in [0, 0.1) is 0 Å². The van der Waals surface area contributed by atoms with Crippen molar-refractivity contribution in [1.82, 2.24) is 15.6 Å². The molecule has 0 unspecified atom stereocenters. The highest BCUT2D eigenvalue weighted by atomic mass is 127. The summed E-state index contributed by atoms with van der Waals surface area (Å²) in [6, 6.07) is 13.3. The minimum Gasteiger partial charge on any atom is -0.473 e. The van der Waals surface area contributed by atoms with Gasteiger partial charge in [0.2, 0.25) is 5.88 Å². The van der Waals surface area contributed by atoms with E-state index < -0.39 is 12.6 Å². The monoisotopic (exact) mass is 494 g/mol. The van der Waals surface area contributed by atoms with Gasteiger partial charge in [-0.1, -0.05) is 30.3 Å². The van der Waals surface area contributed by atoms with Gasteiger partial charge in [0, 0.05) is 32.4 Å². The summed E-state index contributed by atoms with van der Waals surface area (Å²) in [5.41, 5.74) is 1.91.